The first-order valence-electron chi connectivity index (χ1n) is 8.89. The molecule has 1 aliphatic rings. The van der Waals surface area contributed by atoms with Crippen molar-refractivity contribution in [2.24, 2.45) is 0 Å². The van der Waals surface area contributed by atoms with Gasteiger partial charge in [0, 0.05) is 18.8 Å². The molecule has 4 nitrogen and oxygen atoms in total. The fourth-order valence-electron chi connectivity index (χ4n) is 3.31. The van der Waals surface area contributed by atoms with E-state index in [1.165, 1.54) is 0 Å². The van der Waals surface area contributed by atoms with Crippen molar-refractivity contribution < 1.29 is 9.90 Å². The first-order valence-corrected chi connectivity index (χ1v) is 8.89. The molecule has 0 aromatic heterocycles. The van der Waals surface area contributed by atoms with Crippen LogP contribution >= 0.6 is 0 Å². The van der Waals surface area contributed by atoms with Crippen LogP contribution in [-0.4, -0.2) is 30.6 Å². The summed E-state index contributed by atoms with van der Waals surface area (Å²) >= 11 is 0. The Morgan fingerprint density at radius 1 is 1.16 bits per heavy atom. The molecule has 1 saturated heterocycles. The molecule has 1 aliphatic heterocycles. The molecule has 25 heavy (non-hydrogen) atoms. The molecule has 0 bridgehead atoms. The van der Waals surface area contributed by atoms with Crippen molar-refractivity contribution in [3.63, 3.8) is 0 Å². The number of rotatable bonds is 5. The summed E-state index contributed by atoms with van der Waals surface area (Å²) in [5.74, 6) is -0.137. The fraction of sp³-hybridized carbons (Fsp3) is 0.381. The smallest absolute Gasteiger partial charge is 0.253 e. The number of benzene rings is 2. The highest BCUT2D eigenvalue weighted by molar-refractivity contribution is 6.00. The van der Waals surface area contributed by atoms with Crippen molar-refractivity contribution >= 4 is 11.6 Å². The Hall–Kier alpha value is -2.33. The van der Waals surface area contributed by atoms with Crippen LogP contribution in [0, 0.1) is 6.92 Å². The van der Waals surface area contributed by atoms with Gasteiger partial charge in [0.1, 0.15) is 5.60 Å². The highest BCUT2D eigenvalue weighted by Crippen LogP contribution is 2.26. The number of carbonyl (C=O) groups excluding carboxylic acids is 1. The van der Waals surface area contributed by atoms with Crippen molar-refractivity contribution in [2.75, 3.05) is 24.5 Å². The van der Waals surface area contributed by atoms with E-state index in [0.717, 1.165) is 42.7 Å². The third kappa shape index (κ3) is 4.02. The van der Waals surface area contributed by atoms with Crippen molar-refractivity contribution in [1.29, 1.82) is 0 Å². The third-order valence-corrected chi connectivity index (χ3v) is 4.83. The van der Waals surface area contributed by atoms with E-state index >= 15 is 0 Å². The summed E-state index contributed by atoms with van der Waals surface area (Å²) in [6.45, 7) is 5.87. The van der Waals surface area contributed by atoms with Crippen molar-refractivity contribution in [3.05, 3.63) is 65.2 Å². The Balaban J connectivity index is 1.76. The van der Waals surface area contributed by atoms with Gasteiger partial charge in [0.15, 0.2) is 0 Å². The maximum absolute atomic E-state index is 12.8. The Kier molecular flexibility index (Phi) is 5.09. The lowest BCUT2D eigenvalue weighted by atomic mass is 9.96. The summed E-state index contributed by atoms with van der Waals surface area (Å²) in [4.78, 5) is 15.1. The normalized spacial score (nSPS) is 16.5. The number of aliphatic hydroxyl groups is 1. The van der Waals surface area contributed by atoms with Crippen LogP contribution in [0.15, 0.2) is 48.5 Å². The lowest BCUT2D eigenvalue weighted by Gasteiger charge is -2.25. The minimum Gasteiger partial charge on any atom is -0.384 e. The molecule has 1 heterocycles. The number of amides is 1. The molecule has 0 saturated carbocycles. The van der Waals surface area contributed by atoms with Gasteiger partial charge in [-0.1, -0.05) is 42.0 Å². The molecule has 3 rings (SSSR count). The van der Waals surface area contributed by atoms with Gasteiger partial charge in [-0.25, -0.2) is 0 Å². The Morgan fingerprint density at radius 2 is 1.84 bits per heavy atom. The first kappa shape index (κ1) is 17.5. The highest BCUT2D eigenvalue weighted by Gasteiger charge is 2.25. The molecule has 1 amide bonds. The topological polar surface area (TPSA) is 52.6 Å². The van der Waals surface area contributed by atoms with Crippen molar-refractivity contribution in [1.82, 2.24) is 5.32 Å². The third-order valence-electron chi connectivity index (χ3n) is 4.83. The second-order valence-corrected chi connectivity index (χ2v) is 7.04. The molecular weight excluding hydrogens is 312 g/mol. The molecule has 1 atom stereocenters. The summed E-state index contributed by atoms with van der Waals surface area (Å²) in [6.07, 6.45) is 2.33. The van der Waals surface area contributed by atoms with Gasteiger partial charge in [-0.2, -0.15) is 0 Å². The van der Waals surface area contributed by atoms with Crippen LogP contribution in [0.1, 0.15) is 41.3 Å². The summed E-state index contributed by atoms with van der Waals surface area (Å²) in [5.41, 5.74) is 2.42. The van der Waals surface area contributed by atoms with Gasteiger partial charge in [0.2, 0.25) is 0 Å². The van der Waals surface area contributed by atoms with Gasteiger partial charge >= 0.3 is 0 Å². The molecule has 0 aliphatic carbocycles. The second-order valence-electron chi connectivity index (χ2n) is 7.04. The molecule has 2 aromatic carbocycles. The predicted molar refractivity (Wildman–Crippen MR) is 101 cm³/mol. The quantitative estimate of drug-likeness (QED) is 0.880. The summed E-state index contributed by atoms with van der Waals surface area (Å²) in [6, 6.07) is 15.4. The van der Waals surface area contributed by atoms with E-state index in [0.29, 0.717) is 5.56 Å². The highest BCUT2D eigenvalue weighted by atomic mass is 16.3. The lowest BCUT2D eigenvalue weighted by molar-refractivity contribution is 0.0526. The average molecular weight is 338 g/mol. The number of aryl methyl sites for hydroxylation is 1. The maximum Gasteiger partial charge on any atom is 0.253 e. The number of carbonyl (C=O) groups is 1. The van der Waals surface area contributed by atoms with Crippen LogP contribution in [-0.2, 0) is 5.60 Å². The number of anilines is 1. The largest absolute Gasteiger partial charge is 0.384 e. The van der Waals surface area contributed by atoms with E-state index in [1.54, 1.807) is 6.92 Å². The molecule has 2 aromatic rings. The summed E-state index contributed by atoms with van der Waals surface area (Å²) in [5, 5.41) is 13.6. The van der Waals surface area contributed by atoms with E-state index in [1.807, 2.05) is 55.5 Å². The maximum atomic E-state index is 12.8. The van der Waals surface area contributed by atoms with Crippen LogP contribution in [0.2, 0.25) is 0 Å². The minimum atomic E-state index is -1.10. The second kappa shape index (κ2) is 7.28. The van der Waals surface area contributed by atoms with E-state index < -0.39 is 5.60 Å². The van der Waals surface area contributed by atoms with E-state index in [2.05, 4.69) is 10.2 Å². The molecule has 1 unspecified atom stereocenters. The molecule has 0 radical (unpaired) electrons. The number of nitrogens with one attached hydrogen (secondary N) is 1. The van der Waals surface area contributed by atoms with Gasteiger partial charge in [-0.15, -0.1) is 0 Å². The fourth-order valence-corrected chi connectivity index (χ4v) is 3.31. The van der Waals surface area contributed by atoms with Crippen LogP contribution in [0.3, 0.4) is 0 Å². The zero-order valence-corrected chi connectivity index (χ0v) is 15.0. The number of nitrogens with zero attached hydrogens (tertiary/aromatic N) is 1. The molecule has 0 spiro atoms. The summed E-state index contributed by atoms with van der Waals surface area (Å²) in [7, 11) is 0. The molecule has 4 heteroatoms. The Bertz CT molecular complexity index is 735. The number of hydrogen-bond acceptors (Lipinski definition) is 3. The van der Waals surface area contributed by atoms with E-state index in [4.69, 9.17) is 0 Å². The zero-order chi connectivity index (χ0) is 17.9. The average Bonchev–Trinajstić information content (AvgIpc) is 3.15. The molecule has 132 valence electrons. The van der Waals surface area contributed by atoms with Gasteiger partial charge in [0.05, 0.1) is 12.1 Å². The molecule has 2 N–H and O–H groups in total. The van der Waals surface area contributed by atoms with Gasteiger partial charge < -0.3 is 15.3 Å². The standard InChI is InChI=1S/C21H26N2O2/c1-16-10-11-19(23-12-6-7-13-23)18(14-16)20(24)22-15-21(2,25)17-8-4-3-5-9-17/h3-5,8-11,14,25H,6-7,12-13,15H2,1-2H3,(H,22,24). The SMILES string of the molecule is Cc1ccc(N2CCCC2)c(C(=O)NCC(C)(O)c2ccccc2)c1. The summed E-state index contributed by atoms with van der Waals surface area (Å²) < 4.78 is 0. The predicted octanol–water partition coefficient (Wildman–Crippen LogP) is 3.23. The zero-order valence-electron chi connectivity index (χ0n) is 15.0. The van der Waals surface area contributed by atoms with Crippen molar-refractivity contribution in [2.45, 2.75) is 32.3 Å². The van der Waals surface area contributed by atoms with Crippen LogP contribution in [0.5, 0.6) is 0 Å². The number of hydrogen-bond donors (Lipinski definition) is 2. The monoisotopic (exact) mass is 338 g/mol. The lowest BCUT2D eigenvalue weighted by Crippen LogP contribution is -2.39. The molecule has 1 fully saturated rings. The first-order chi connectivity index (χ1) is 12.0. The van der Waals surface area contributed by atoms with E-state index in [-0.39, 0.29) is 12.5 Å². The van der Waals surface area contributed by atoms with Crippen LogP contribution < -0.4 is 10.2 Å². The Morgan fingerprint density at radius 3 is 2.52 bits per heavy atom. The van der Waals surface area contributed by atoms with Crippen LogP contribution in [0.25, 0.3) is 0 Å². The Labute approximate surface area is 149 Å². The van der Waals surface area contributed by atoms with Gasteiger partial charge in [-0.05, 0) is 44.4 Å². The van der Waals surface area contributed by atoms with E-state index in [9.17, 15) is 9.90 Å². The minimum absolute atomic E-state index is 0.137. The van der Waals surface area contributed by atoms with Gasteiger partial charge in [-0.3, -0.25) is 4.79 Å². The van der Waals surface area contributed by atoms with Crippen molar-refractivity contribution in [3.8, 4) is 0 Å². The van der Waals surface area contributed by atoms with Crippen LogP contribution in [0.4, 0.5) is 5.69 Å². The van der Waals surface area contributed by atoms with Gasteiger partial charge in [0.25, 0.3) is 5.91 Å². The molecular formula is C21H26N2O2.